The largest absolute Gasteiger partial charge is 0.495 e. The maximum atomic E-state index is 12.8. The van der Waals surface area contributed by atoms with Crippen molar-refractivity contribution in [1.29, 1.82) is 0 Å². The van der Waals surface area contributed by atoms with Crippen LogP contribution in [0.25, 0.3) is 0 Å². The topological polar surface area (TPSA) is 78.5 Å². The summed E-state index contributed by atoms with van der Waals surface area (Å²) >= 11 is 0. The Morgan fingerprint density at radius 1 is 1.18 bits per heavy atom. The minimum Gasteiger partial charge on any atom is -0.495 e. The minimum atomic E-state index is -0.279. The number of carbonyl (C=O) groups excluding carboxylic acids is 2. The monoisotopic (exact) mass is 387 g/mol. The second-order valence-electron chi connectivity index (χ2n) is 8.11. The Hall–Kier alpha value is -2.28. The molecule has 2 amide bonds. The molecule has 2 aliphatic heterocycles. The Morgan fingerprint density at radius 2 is 1.93 bits per heavy atom. The zero-order valence-electron chi connectivity index (χ0n) is 16.6. The second kappa shape index (κ2) is 8.39. The van der Waals surface area contributed by atoms with Crippen LogP contribution in [0.3, 0.4) is 0 Å². The van der Waals surface area contributed by atoms with Gasteiger partial charge in [0.15, 0.2) is 6.04 Å². The number of quaternary nitrogens is 1. The highest BCUT2D eigenvalue weighted by atomic mass is 16.5. The van der Waals surface area contributed by atoms with E-state index in [1.54, 1.807) is 7.11 Å². The third-order valence-electron chi connectivity index (χ3n) is 6.42. The molecular weight excluding hydrogens is 356 g/mol. The molecule has 2 saturated heterocycles. The van der Waals surface area contributed by atoms with Crippen molar-refractivity contribution in [1.82, 2.24) is 10.2 Å². The van der Waals surface area contributed by atoms with Crippen molar-refractivity contribution in [3.8, 4) is 5.75 Å². The number of ether oxygens (including phenoxy) is 1. The molecule has 3 fully saturated rings. The van der Waals surface area contributed by atoms with Crippen LogP contribution >= 0.6 is 0 Å². The van der Waals surface area contributed by atoms with Crippen LogP contribution in [0, 0.1) is 0 Å². The highest BCUT2D eigenvalue weighted by molar-refractivity contribution is 5.87. The van der Waals surface area contributed by atoms with Gasteiger partial charge in [-0.25, -0.2) is 0 Å². The van der Waals surface area contributed by atoms with Gasteiger partial charge in [0, 0.05) is 32.6 Å². The summed E-state index contributed by atoms with van der Waals surface area (Å²) in [5.41, 5.74) is 1.07. The molecule has 1 aliphatic carbocycles. The minimum absolute atomic E-state index is 0.0316. The molecule has 4 rings (SSSR count). The lowest BCUT2D eigenvalue weighted by Crippen LogP contribution is -3.03. The van der Waals surface area contributed by atoms with E-state index in [9.17, 15) is 9.59 Å². The van der Waals surface area contributed by atoms with Crippen LogP contribution in [-0.2, 0) is 9.59 Å². The highest BCUT2D eigenvalue weighted by Crippen LogP contribution is 2.28. The molecule has 1 aromatic carbocycles. The first kappa shape index (κ1) is 19.1. The maximum Gasteiger partial charge on any atom is 0.279 e. The number of nitrogens with one attached hydrogen (secondary N) is 1. The SMILES string of the molecule is COc1ccccc1N1CCN(C(=O)C[C@H]2[NH2+][C@H]3CCCC[C@H]3NC2=O)CC1. The normalized spacial score (nSPS) is 27.8. The van der Waals surface area contributed by atoms with Crippen molar-refractivity contribution < 1.29 is 19.6 Å². The van der Waals surface area contributed by atoms with E-state index >= 15 is 0 Å². The molecule has 0 spiro atoms. The van der Waals surface area contributed by atoms with Gasteiger partial charge in [0.05, 0.1) is 25.3 Å². The van der Waals surface area contributed by atoms with Gasteiger partial charge in [-0.05, 0) is 25.0 Å². The average Bonchev–Trinajstić information content (AvgIpc) is 2.74. The van der Waals surface area contributed by atoms with Crippen molar-refractivity contribution >= 4 is 17.5 Å². The van der Waals surface area contributed by atoms with Gasteiger partial charge in [0.1, 0.15) is 11.8 Å². The molecular formula is C21H31N4O3+. The van der Waals surface area contributed by atoms with Crippen LogP contribution in [0.5, 0.6) is 5.75 Å². The number of hydrogen-bond acceptors (Lipinski definition) is 4. The van der Waals surface area contributed by atoms with Crippen molar-refractivity contribution in [2.75, 3.05) is 38.2 Å². The van der Waals surface area contributed by atoms with Gasteiger partial charge < -0.3 is 25.2 Å². The summed E-state index contributed by atoms with van der Waals surface area (Å²) in [6.07, 6.45) is 4.91. The molecule has 3 atom stereocenters. The average molecular weight is 388 g/mol. The van der Waals surface area contributed by atoms with E-state index in [4.69, 9.17) is 4.74 Å². The Labute approximate surface area is 166 Å². The van der Waals surface area contributed by atoms with Gasteiger partial charge in [-0.15, -0.1) is 0 Å². The Kier molecular flexibility index (Phi) is 5.71. The van der Waals surface area contributed by atoms with Crippen molar-refractivity contribution in [2.24, 2.45) is 0 Å². The molecule has 1 aromatic rings. The smallest absolute Gasteiger partial charge is 0.279 e. The van der Waals surface area contributed by atoms with E-state index in [0.29, 0.717) is 25.6 Å². The Morgan fingerprint density at radius 3 is 2.71 bits per heavy atom. The molecule has 152 valence electrons. The van der Waals surface area contributed by atoms with Gasteiger partial charge in [-0.1, -0.05) is 18.6 Å². The van der Waals surface area contributed by atoms with Gasteiger partial charge in [0.2, 0.25) is 5.91 Å². The van der Waals surface area contributed by atoms with E-state index in [2.05, 4.69) is 21.6 Å². The van der Waals surface area contributed by atoms with Gasteiger partial charge in [-0.2, -0.15) is 0 Å². The molecule has 0 unspecified atom stereocenters. The number of fused-ring (bicyclic) bond motifs is 1. The molecule has 7 nitrogen and oxygen atoms in total. The number of benzene rings is 1. The van der Waals surface area contributed by atoms with Gasteiger partial charge in [-0.3, -0.25) is 9.59 Å². The molecule has 3 N–H and O–H groups in total. The van der Waals surface area contributed by atoms with Crippen LogP contribution in [0.4, 0.5) is 5.69 Å². The zero-order valence-corrected chi connectivity index (χ0v) is 16.6. The fourth-order valence-electron chi connectivity index (χ4n) is 4.81. The third-order valence-corrected chi connectivity index (χ3v) is 6.42. The molecule has 0 aromatic heterocycles. The molecule has 7 heteroatoms. The Bertz CT molecular complexity index is 717. The zero-order chi connectivity index (χ0) is 19.5. The molecule has 2 heterocycles. The number of rotatable bonds is 4. The van der Waals surface area contributed by atoms with E-state index in [-0.39, 0.29) is 23.9 Å². The van der Waals surface area contributed by atoms with Crippen LogP contribution in [0.2, 0.25) is 0 Å². The van der Waals surface area contributed by atoms with E-state index in [1.165, 1.54) is 12.8 Å². The van der Waals surface area contributed by atoms with Gasteiger partial charge >= 0.3 is 0 Å². The predicted octanol–water partition coefficient (Wildman–Crippen LogP) is 0.107. The quantitative estimate of drug-likeness (QED) is 0.769. The van der Waals surface area contributed by atoms with Crippen LogP contribution in [-0.4, -0.2) is 68.1 Å². The summed E-state index contributed by atoms with van der Waals surface area (Å²) in [6, 6.07) is 8.43. The molecule has 28 heavy (non-hydrogen) atoms. The summed E-state index contributed by atoms with van der Waals surface area (Å²) in [5, 5.41) is 5.31. The lowest BCUT2D eigenvalue weighted by molar-refractivity contribution is -0.718. The van der Waals surface area contributed by atoms with Crippen molar-refractivity contribution in [3.63, 3.8) is 0 Å². The fraction of sp³-hybridized carbons (Fsp3) is 0.619. The predicted molar refractivity (Wildman–Crippen MR) is 106 cm³/mol. The number of nitrogens with zero attached hydrogens (tertiary/aromatic N) is 2. The van der Waals surface area contributed by atoms with E-state index in [0.717, 1.165) is 37.4 Å². The molecule has 3 aliphatic rings. The molecule has 1 saturated carbocycles. The van der Waals surface area contributed by atoms with E-state index < -0.39 is 0 Å². The number of nitrogens with two attached hydrogens (primary N) is 1. The number of hydrogen-bond donors (Lipinski definition) is 2. The highest BCUT2D eigenvalue weighted by Gasteiger charge is 2.41. The number of para-hydroxylation sites is 2. The first-order chi connectivity index (χ1) is 13.7. The van der Waals surface area contributed by atoms with Crippen molar-refractivity contribution in [3.05, 3.63) is 24.3 Å². The fourth-order valence-corrected chi connectivity index (χ4v) is 4.81. The lowest BCUT2D eigenvalue weighted by Gasteiger charge is -2.39. The standard InChI is InChI=1S/C21H30N4O3/c1-28-19-9-5-4-8-18(19)24-10-12-25(13-11-24)20(26)14-17-21(27)23-16-7-3-2-6-15(16)22-17/h4-5,8-9,15-17,22H,2-3,6-7,10-14H2,1H3,(H,23,27)/p+1/t15-,16+,17+/m0/s1. The Balaban J connectivity index is 1.31. The molecule has 0 bridgehead atoms. The summed E-state index contributed by atoms with van der Waals surface area (Å²) in [5.74, 6) is 0.979. The second-order valence-corrected chi connectivity index (χ2v) is 8.11. The number of carbonyl (C=O) groups is 2. The molecule has 0 radical (unpaired) electrons. The lowest BCUT2D eigenvalue weighted by atomic mass is 9.87. The number of anilines is 1. The van der Waals surface area contributed by atoms with Crippen LogP contribution < -0.4 is 20.3 Å². The summed E-state index contributed by atoms with van der Waals surface area (Å²) in [4.78, 5) is 29.4. The number of piperazine rings is 2. The van der Waals surface area contributed by atoms with Crippen molar-refractivity contribution in [2.45, 2.75) is 50.2 Å². The third kappa shape index (κ3) is 3.94. The number of amides is 2. The van der Waals surface area contributed by atoms with Crippen LogP contribution in [0.15, 0.2) is 24.3 Å². The number of methoxy groups -OCH3 is 1. The summed E-state index contributed by atoms with van der Waals surface area (Å²) in [6.45, 7) is 2.91. The van der Waals surface area contributed by atoms with Gasteiger partial charge in [0.25, 0.3) is 5.91 Å². The maximum absolute atomic E-state index is 12.8. The first-order valence-electron chi connectivity index (χ1n) is 10.5. The first-order valence-corrected chi connectivity index (χ1v) is 10.5. The summed E-state index contributed by atoms with van der Waals surface area (Å²) in [7, 11) is 1.68. The van der Waals surface area contributed by atoms with Crippen LogP contribution in [0.1, 0.15) is 32.1 Å². The van der Waals surface area contributed by atoms with E-state index in [1.807, 2.05) is 23.1 Å². The summed E-state index contributed by atoms with van der Waals surface area (Å²) < 4.78 is 5.46.